The molecular formula is C13H15F3N2O2. The van der Waals surface area contributed by atoms with Crippen LogP contribution in [0.25, 0.3) is 0 Å². The normalized spacial score (nSPS) is 11.1. The van der Waals surface area contributed by atoms with E-state index in [1.165, 1.54) is 19.1 Å². The summed E-state index contributed by atoms with van der Waals surface area (Å²) in [7, 11) is 0. The molecule has 2 N–H and O–H groups in total. The smallest absolute Gasteiger partial charge is 0.347 e. The van der Waals surface area contributed by atoms with E-state index in [1.54, 1.807) is 6.92 Å². The van der Waals surface area contributed by atoms with Crippen molar-refractivity contribution in [3.63, 3.8) is 0 Å². The molecule has 0 saturated heterocycles. The number of carbonyl (C=O) groups excluding carboxylic acids is 2. The zero-order valence-electron chi connectivity index (χ0n) is 11.1. The first kappa shape index (κ1) is 16.0. The van der Waals surface area contributed by atoms with Gasteiger partial charge in [-0.25, -0.2) is 0 Å². The van der Waals surface area contributed by atoms with E-state index >= 15 is 0 Å². The van der Waals surface area contributed by atoms with Gasteiger partial charge in [0.2, 0.25) is 11.8 Å². The van der Waals surface area contributed by atoms with Crippen LogP contribution in [0.5, 0.6) is 0 Å². The van der Waals surface area contributed by atoms with Gasteiger partial charge in [0.25, 0.3) is 0 Å². The van der Waals surface area contributed by atoms with Crippen molar-refractivity contribution < 1.29 is 22.8 Å². The molecule has 1 aromatic rings. The molecule has 0 unspecified atom stereocenters. The largest absolute Gasteiger partial charge is 0.416 e. The molecule has 0 heterocycles. The van der Waals surface area contributed by atoms with E-state index in [-0.39, 0.29) is 30.1 Å². The molecule has 0 fully saturated rings. The maximum Gasteiger partial charge on any atom is 0.416 e. The molecule has 0 aliphatic carbocycles. The van der Waals surface area contributed by atoms with Gasteiger partial charge in [-0.2, -0.15) is 13.2 Å². The number of anilines is 1. The fourth-order valence-corrected chi connectivity index (χ4v) is 1.51. The van der Waals surface area contributed by atoms with Crippen LogP contribution in [-0.2, 0) is 15.8 Å². The molecule has 4 nitrogen and oxygen atoms in total. The van der Waals surface area contributed by atoms with E-state index in [0.29, 0.717) is 0 Å². The number of carbonyl (C=O) groups is 2. The number of halogens is 3. The molecule has 0 saturated carbocycles. The van der Waals surface area contributed by atoms with E-state index in [2.05, 4.69) is 10.6 Å². The SMILES string of the molecule is CCC(=O)NCC(=O)Nc1ccc(C)c(C(F)(F)F)c1. The molecule has 0 bridgehead atoms. The minimum absolute atomic E-state index is 0.0404. The third-order valence-electron chi connectivity index (χ3n) is 2.59. The molecule has 20 heavy (non-hydrogen) atoms. The summed E-state index contributed by atoms with van der Waals surface area (Å²) in [4.78, 5) is 22.4. The summed E-state index contributed by atoms with van der Waals surface area (Å²) in [5.74, 6) is -0.885. The van der Waals surface area contributed by atoms with Gasteiger partial charge in [0.1, 0.15) is 0 Å². The fourth-order valence-electron chi connectivity index (χ4n) is 1.51. The number of hydrogen-bond donors (Lipinski definition) is 2. The number of nitrogens with one attached hydrogen (secondary N) is 2. The van der Waals surface area contributed by atoms with E-state index in [9.17, 15) is 22.8 Å². The summed E-state index contributed by atoms with van der Waals surface area (Å²) in [6.45, 7) is 2.70. The Morgan fingerprint density at radius 3 is 2.40 bits per heavy atom. The van der Waals surface area contributed by atoms with Crippen LogP contribution in [0.2, 0.25) is 0 Å². The third-order valence-corrected chi connectivity index (χ3v) is 2.59. The van der Waals surface area contributed by atoms with E-state index in [4.69, 9.17) is 0 Å². The number of rotatable bonds is 4. The van der Waals surface area contributed by atoms with Crippen molar-refractivity contribution in [1.29, 1.82) is 0 Å². The van der Waals surface area contributed by atoms with Gasteiger partial charge in [-0.1, -0.05) is 13.0 Å². The zero-order chi connectivity index (χ0) is 15.3. The van der Waals surface area contributed by atoms with Gasteiger partial charge in [-0.15, -0.1) is 0 Å². The summed E-state index contributed by atoms with van der Waals surface area (Å²) < 4.78 is 38.1. The molecule has 0 atom stereocenters. The van der Waals surface area contributed by atoms with E-state index < -0.39 is 17.6 Å². The Bertz CT molecular complexity index is 513. The molecule has 110 valence electrons. The average Bonchev–Trinajstić information content (AvgIpc) is 2.37. The molecule has 1 rings (SSSR count). The topological polar surface area (TPSA) is 58.2 Å². The highest BCUT2D eigenvalue weighted by atomic mass is 19.4. The van der Waals surface area contributed by atoms with Crippen molar-refractivity contribution in [1.82, 2.24) is 5.32 Å². The first-order valence-corrected chi connectivity index (χ1v) is 5.98. The number of hydrogen-bond acceptors (Lipinski definition) is 2. The van der Waals surface area contributed by atoms with Crippen LogP contribution >= 0.6 is 0 Å². The highest BCUT2D eigenvalue weighted by molar-refractivity contribution is 5.94. The number of alkyl halides is 3. The van der Waals surface area contributed by atoms with Gasteiger partial charge in [0, 0.05) is 12.1 Å². The lowest BCUT2D eigenvalue weighted by molar-refractivity contribution is -0.138. The summed E-state index contributed by atoms with van der Waals surface area (Å²) in [5, 5.41) is 4.64. The predicted molar refractivity (Wildman–Crippen MR) is 68.1 cm³/mol. The van der Waals surface area contributed by atoms with Crippen LogP contribution in [0.3, 0.4) is 0 Å². The first-order valence-electron chi connectivity index (χ1n) is 5.98. The number of aryl methyl sites for hydroxylation is 1. The molecule has 0 aliphatic heterocycles. The molecule has 0 radical (unpaired) electrons. The van der Waals surface area contributed by atoms with Crippen molar-refractivity contribution in [2.75, 3.05) is 11.9 Å². The van der Waals surface area contributed by atoms with Gasteiger partial charge in [-0.05, 0) is 24.6 Å². The maximum atomic E-state index is 12.7. The second-order valence-corrected chi connectivity index (χ2v) is 4.21. The Labute approximate surface area is 114 Å². The monoisotopic (exact) mass is 288 g/mol. The Hall–Kier alpha value is -2.05. The van der Waals surface area contributed by atoms with Crippen molar-refractivity contribution in [2.24, 2.45) is 0 Å². The fraction of sp³-hybridized carbons (Fsp3) is 0.385. The van der Waals surface area contributed by atoms with E-state index in [0.717, 1.165) is 6.07 Å². The highest BCUT2D eigenvalue weighted by Gasteiger charge is 2.32. The van der Waals surface area contributed by atoms with Crippen LogP contribution in [0.15, 0.2) is 18.2 Å². The minimum Gasteiger partial charge on any atom is -0.347 e. The van der Waals surface area contributed by atoms with Crippen LogP contribution in [0, 0.1) is 6.92 Å². The summed E-state index contributed by atoms with van der Waals surface area (Å²) >= 11 is 0. The maximum absolute atomic E-state index is 12.7. The molecule has 0 aromatic heterocycles. The predicted octanol–water partition coefficient (Wildman–Crippen LogP) is 2.48. The Morgan fingerprint density at radius 2 is 1.85 bits per heavy atom. The van der Waals surface area contributed by atoms with Crippen molar-refractivity contribution in [2.45, 2.75) is 26.4 Å². The quantitative estimate of drug-likeness (QED) is 0.894. The van der Waals surface area contributed by atoms with Crippen LogP contribution in [0.4, 0.5) is 18.9 Å². The van der Waals surface area contributed by atoms with Crippen LogP contribution in [-0.4, -0.2) is 18.4 Å². The third kappa shape index (κ3) is 4.56. The first-order chi connectivity index (χ1) is 9.24. The van der Waals surface area contributed by atoms with Crippen molar-refractivity contribution in [3.8, 4) is 0 Å². The summed E-state index contributed by atoms with van der Waals surface area (Å²) in [6.07, 6.45) is -4.24. The van der Waals surface area contributed by atoms with Crippen molar-refractivity contribution >= 4 is 17.5 Å². The van der Waals surface area contributed by atoms with Crippen LogP contribution < -0.4 is 10.6 Å². The Kier molecular flexibility index (Phi) is 5.12. The lowest BCUT2D eigenvalue weighted by atomic mass is 10.1. The second kappa shape index (κ2) is 6.40. The Balaban J connectivity index is 2.74. The molecule has 2 amide bonds. The highest BCUT2D eigenvalue weighted by Crippen LogP contribution is 2.33. The van der Waals surface area contributed by atoms with Gasteiger partial charge < -0.3 is 10.6 Å². The van der Waals surface area contributed by atoms with Crippen molar-refractivity contribution in [3.05, 3.63) is 29.3 Å². The summed E-state index contributed by atoms with van der Waals surface area (Å²) in [5.41, 5.74) is -0.679. The summed E-state index contributed by atoms with van der Waals surface area (Å²) in [6, 6.07) is 3.53. The minimum atomic E-state index is -4.47. The van der Waals surface area contributed by atoms with Crippen LogP contribution in [0.1, 0.15) is 24.5 Å². The molecular weight excluding hydrogens is 273 g/mol. The van der Waals surface area contributed by atoms with Gasteiger partial charge in [0.05, 0.1) is 12.1 Å². The average molecular weight is 288 g/mol. The van der Waals surface area contributed by atoms with E-state index in [1.807, 2.05) is 0 Å². The molecule has 0 aliphatic rings. The zero-order valence-corrected chi connectivity index (χ0v) is 11.1. The second-order valence-electron chi connectivity index (χ2n) is 4.21. The number of amides is 2. The van der Waals surface area contributed by atoms with Gasteiger partial charge in [0.15, 0.2) is 0 Å². The van der Waals surface area contributed by atoms with Gasteiger partial charge >= 0.3 is 6.18 Å². The number of benzene rings is 1. The Morgan fingerprint density at radius 1 is 1.20 bits per heavy atom. The standard InChI is InChI=1S/C13H15F3N2O2/c1-3-11(19)17-7-12(20)18-9-5-4-8(2)10(6-9)13(14,15)16/h4-6H,3,7H2,1-2H3,(H,17,19)(H,18,20). The van der Waals surface area contributed by atoms with Gasteiger partial charge in [-0.3, -0.25) is 9.59 Å². The molecule has 1 aromatic carbocycles. The lowest BCUT2D eigenvalue weighted by Gasteiger charge is -2.13. The lowest BCUT2D eigenvalue weighted by Crippen LogP contribution is -2.32. The molecule has 7 heteroatoms. The molecule has 0 spiro atoms.